The normalized spacial score (nSPS) is 24.2. The smallest absolute Gasteiger partial charge is 0.312 e. The maximum atomic E-state index is 11.8. The molecule has 1 aromatic carbocycles. The van der Waals surface area contributed by atoms with Crippen LogP contribution in [0.2, 0.25) is 0 Å². The number of carbonyl (C=O) groups is 1. The van der Waals surface area contributed by atoms with Gasteiger partial charge >= 0.3 is 5.97 Å². The summed E-state index contributed by atoms with van der Waals surface area (Å²) >= 11 is 0. The summed E-state index contributed by atoms with van der Waals surface area (Å²) in [6.07, 6.45) is 0.501. The Morgan fingerprint density at radius 1 is 1.56 bits per heavy atom. The maximum Gasteiger partial charge on any atom is 0.312 e. The molecule has 0 radical (unpaired) electrons. The molecule has 2 unspecified atom stereocenters. The van der Waals surface area contributed by atoms with Gasteiger partial charge in [-0.05, 0) is 17.5 Å². The van der Waals surface area contributed by atoms with Gasteiger partial charge in [-0.15, -0.1) is 0 Å². The highest BCUT2D eigenvalue weighted by Crippen LogP contribution is 2.38. The van der Waals surface area contributed by atoms with Gasteiger partial charge in [-0.2, -0.15) is 0 Å². The number of hydrogen-bond acceptors (Lipinski definition) is 4. The predicted molar refractivity (Wildman–Crippen MR) is 65.8 cm³/mol. The number of ether oxygens (including phenoxy) is 2. The van der Waals surface area contributed by atoms with Gasteiger partial charge in [-0.1, -0.05) is 31.2 Å². The molecule has 0 aromatic heterocycles. The maximum absolute atomic E-state index is 11.8. The number of hydrogen-bond donors (Lipinski definition) is 1. The molecular formula is C14H18O4. The van der Waals surface area contributed by atoms with E-state index >= 15 is 0 Å². The van der Waals surface area contributed by atoms with Crippen LogP contribution in [0.1, 0.15) is 24.5 Å². The molecule has 18 heavy (non-hydrogen) atoms. The van der Waals surface area contributed by atoms with Crippen LogP contribution in [0, 0.1) is 5.92 Å². The predicted octanol–water partition coefficient (Wildman–Crippen LogP) is 1.60. The van der Waals surface area contributed by atoms with Crippen LogP contribution in [0.15, 0.2) is 24.3 Å². The second-order valence-electron chi connectivity index (χ2n) is 4.56. The third-order valence-electron chi connectivity index (χ3n) is 3.53. The molecule has 1 aliphatic heterocycles. The van der Waals surface area contributed by atoms with Crippen LogP contribution < -0.4 is 0 Å². The van der Waals surface area contributed by atoms with E-state index in [0.29, 0.717) is 13.0 Å². The van der Waals surface area contributed by atoms with E-state index in [4.69, 9.17) is 9.47 Å². The Bertz CT molecular complexity index is 443. The molecule has 0 bridgehead atoms. The summed E-state index contributed by atoms with van der Waals surface area (Å²) in [6.45, 7) is 2.45. The summed E-state index contributed by atoms with van der Waals surface area (Å²) in [7, 11) is 1.34. The largest absolute Gasteiger partial charge is 0.469 e. The SMILES string of the molecule is CCC(C(=O)OC)C1(O)COCc2ccccc21. The molecule has 0 saturated heterocycles. The second-order valence-corrected chi connectivity index (χ2v) is 4.56. The first-order valence-electron chi connectivity index (χ1n) is 6.09. The summed E-state index contributed by atoms with van der Waals surface area (Å²) in [4.78, 5) is 11.8. The minimum Gasteiger partial charge on any atom is -0.469 e. The number of benzene rings is 1. The van der Waals surface area contributed by atoms with Crippen LogP contribution in [0.4, 0.5) is 0 Å². The number of carbonyl (C=O) groups excluding carboxylic acids is 1. The molecule has 98 valence electrons. The van der Waals surface area contributed by atoms with Crippen molar-refractivity contribution in [3.05, 3.63) is 35.4 Å². The minimum absolute atomic E-state index is 0.123. The Hall–Kier alpha value is -1.39. The zero-order chi connectivity index (χ0) is 13.2. The van der Waals surface area contributed by atoms with E-state index in [-0.39, 0.29) is 6.61 Å². The van der Waals surface area contributed by atoms with Gasteiger partial charge in [0, 0.05) is 0 Å². The number of esters is 1. The zero-order valence-electron chi connectivity index (χ0n) is 10.7. The Labute approximate surface area is 107 Å². The van der Waals surface area contributed by atoms with E-state index in [1.807, 2.05) is 31.2 Å². The summed E-state index contributed by atoms with van der Waals surface area (Å²) < 4.78 is 10.2. The van der Waals surface area contributed by atoms with Crippen molar-refractivity contribution in [1.82, 2.24) is 0 Å². The van der Waals surface area contributed by atoms with E-state index in [1.54, 1.807) is 0 Å². The number of aliphatic hydroxyl groups is 1. The minimum atomic E-state index is -1.29. The zero-order valence-corrected chi connectivity index (χ0v) is 10.7. The lowest BCUT2D eigenvalue weighted by atomic mass is 9.77. The standard InChI is InChI=1S/C14H18O4/c1-3-11(13(15)17-2)14(16)9-18-8-10-6-4-5-7-12(10)14/h4-7,11,16H,3,8-9H2,1-2H3. The fraction of sp³-hybridized carbons (Fsp3) is 0.500. The summed E-state index contributed by atoms with van der Waals surface area (Å²) in [5, 5.41) is 10.9. The lowest BCUT2D eigenvalue weighted by molar-refractivity contribution is -0.167. The van der Waals surface area contributed by atoms with Gasteiger partial charge in [-0.3, -0.25) is 4.79 Å². The first-order valence-corrected chi connectivity index (χ1v) is 6.09. The molecule has 1 aromatic rings. The summed E-state index contributed by atoms with van der Waals surface area (Å²) in [5.41, 5.74) is 0.401. The van der Waals surface area contributed by atoms with Crippen LogP contribution in [-0.2, 0) is 26.5 Å². The first kappa shape index (κ1) is 13.1. The van der Waals surface area contributed by atoms with Crippen molar-refractivity contribution in [1.29, 1.82) is 0 Å². The highest BCUT2D eigenvalue weighted by atomic mass is 16.5. The molecule has 1 aliphatic rings. The molecule has 0 amide bonds. The van der Waals surface area contributed by atoms with Crippen molar-refractivity contribution in [3.8, 4) is 0 Å². The number of fused-ring (bicyclic) bond motifs is 1. The highest BCUT2D eigenvalue weighted by molar-refractivity contribution is 5.74. The van der Waals surface area contributed by atoms with Crippen LogP contribution in [0.3, 0.4) is 0 Å². The van der Waals surface area contributed by atoms with Crippen molar-refractivity contribution >= 4 is 5.97 Å². The van der Waals surface area contributed by atoms with Gasteiger partial charge in [0.25, 0.3) is 0 Å². The molecule has 4 nitrogen and oxygen atoms in total. The Kier molecular flexibility index (Phi) is 3.68. The fourth-order valence-corrected chi connectivity index (χ4v) is 2.59. The number of rotatable bonds is 3. The molecule has 2 atom stereocenters. The fourth-order valence-electron chi connectivity index (χ4n) is 2.59. The molecule has 4 heteroatoms. The van der Waals surface area contributed by atoms with Gasteiger partial charge < -0.3 is 14.6 Å². The quantitative estimate of drug-likeness (QED) is 0.828. The molecule has 0 spiro atoms. The first-order chi connectivity index (χ1) is 8.63. The molecule has 1 N–H and O–H groups in total. The lowest BCUT2D eigenvalue weighted by Gasteiger charge is -2.38. The van der Waals surface area contributed by atoms with E-state index < -0.39 is 17.5 Å². The van der Waals surface area contributed by atoms with Crippen molar-refractivity contribution in [3.63, 3.8) is 0 Å². The van der Waals surface area contributed by atoms with Crippen LogP contribution in [0.25, 0.3) is 0 Å². The van der Waals surface area contributed by atoms with Crippen molar-refractivity contribution in [2.45, 2.75) is 25.6 Å². The molecule has 0 fully saturated rings. The summed E-state index contributed by atoms with van der Waals surface area (Å²) in [6, 6.07) is 7.51. The van der Waals surface area contributed by atoms with Crippen LogP contribution >= 0.6 is 0 Å². The lowest BCUT2D eigenvalue weighted by Crippen LogP contribution is -2.46. The van der Waals surface area contributed by atoms with Gasteiger partial charge in [0.15, 0.2) is 0 Å². The van der Waals surface area contributed by atoms with Crippen molar-refractivity contribution < 1.29 is 19.4 Å². The highest BCUT2D eigenvalue weighted by Gasteiger charge is 2.45. The average molecular weight is 250 g/mol. The Morgan fingerprint density at radius 2 is 2.28 bits per heavy atom. The Balaban J connectivity index is 2.45. The molecule has 2 rings (SSSR count). The van der Waals surface area contributed by atoms with Crippen LogP contribution in [0.5, 0.6) is 0 Å². The van der Waals surface area contributed by atoms with Gasteiger partial charge in [0.1, 0.15) is 5.60 Å². The van der Waals surface area contributed by atoms with E-state index in [1.165, 1.54) is 7.11 Å². The van der Waals surface area contributed by atoms with Crippen molar-refractivity contribution in [2.24, 2.45) is 5.92 Å². The summed E-state index contributed by atoms with van der Waals surface area (Å²) in [5.74, 6) is -1.01. The second kappa shape index (κ2) is 5.08. The van der Waals surface area contributed by atoms with Gasteiger partial charge in [-0.25, -0.2) is 0 Å². The van der Waals surface area contributed by atoms with Crippen molar-refractivity contribution in [2.75, 3.05) is 13.7 Å². The van der Waals surface area contributed by atoms with Gasteiger partial charge in [0.05, 0.1) is 26.2 Å². The molecule has 0 aliphatic carbocycles. The molecular weight excluding hydrogens is 232 g/mol. The average Bonchev–Trinajstić information content (AvgIpc) is 2.40. The topological polar surface area (TPSA) is 55.8 Å². The molecule has 0 saturated carbocycles. The Morgan fingerprint density at radius 3 is 2.94 bits per heavy atom. The van der Waals surface area contributed by atoms with Crippen LogP contribution in [-0.4, -0.2) is 24.8 Å². The van der Waals surface area contributed by atoms with E-state index in [0.717, 1.165) is 11.1 Å². The third kappa shape index (κ3) is 2.02. The van der Waals surface area contributed by atoms with E-state index in [9.17, 15) is 9.90 Å². The molecule has 1 heterocycles. The van der Waals surface area contributed by atoms with Gasteiger partial charge in [0.2, 0.25) is 0 Å². The third-order valence-corrected chi connectivity index (χ3v) is 3.53. The monoisotopic (exact) mass is 250 g/mol. The van der Waals surface area contributed by atoms with E-state index in [2.05, 4.69) is 0 Å². The number of methoxy groups -OCH3 is 1.